The fourth-order valence-electron chi connectivity index (χ4n) is 3.32. The van der Waals surface area contributed by atoms with Gasteiger partial charge in [-0.1, -0.05) is 12.1 Å². The van der Waals surface area contributed by atoms with Gasteiger partial charge in [0.25, 0.3) is 11.2 Å². The Morgan fingerprint density at radius 3 is 2.97 bits per heavy atom. The number of hydrogen-bond acceptors (Lipinski definition) is 7. The number of nitro benzene ring substituents is 1. The topological polar surface area (TPSA) is 104 Å². The summed E-state index contributed by atoms with van der Waals surface area (Å²) in [6.45, 7) is -0.119. The first-order valence-corrected chi connectivity index (χ1v) is 9.95. The van der Waals surface area contributed by atoms with E-state index >= 15 is 0 Å². The standard InChI is InChI=1S/C20H17N3O5S/c24-18-11-14(21-20-22(18)16-6-1-2-7-17(16)29-20)12-28-19(25)9-8-13-4-3-5-15(10-13)23(26)27/h3-5,8-11H,1-2,6-7,12H2/b9-8+. The van der Waals surface area contributed by atoms with Crippen molar-refractivity contribution in [3.8, 4) is 0 Å². The molecule has 1 aliphatic rings. The van der Waals surface area contributed by atoms with Gasteiger partial charge in [0.05, 0.1) is 10.6 Å². The fourth-order valence-corrected chi connectivity index (χ4v) is 4.55. The number of ether oxygens (including phenoxy) is 1. The van der Waals surface area contributed by atoms with E-state index in [0.717, 1.165) is 31.4 Å². The molecule has 0 amide bonds. The first kappa shape index (κ1) is 19.0. The van der Waals surface area contributed by atoms with Crippen LogP contribution >= 0.6 is 11.3 Å². The average Bonchev–Trinajstić information content (AvgIpc) is 3.09. The van der Waals surface area contributed by atoms with E-state index in [4.69, 9.17) is 4.74 Å². The number of benzene rings is 1. The second-order valence-corrected chi connectivity index (χ2v) is 7.74. The number of hydrogen-bond donors (Lipinski definition) is 0. The molecule has 0 saturated heterocycles. The smallest absolute Gasteiger partial charge is 0.331 e. The summed E-state index contributed by atoms with van der Waals surface area (Å²) in [5.41, 5.74) is 1.74. The highest BCUT2D eigenvalue weighted by Crippen LogP contribution is 2.28. The summed E-state index contributed by atoms with van der Waals surface area (Å²) in [6.07, 6.45) is 6.67. The molecule has 0 radical (unpaired) electrons. The van der Waals surface area contributed by atoms with Crippen LogP contribution in [0.15, 0.2) is 41.2 Å². The zero-order valence-electron chi connectivity index (χ0n) is 15.4. The van der Waals surface area contributed by atoms with Gasteiger partial charge in [0.1, 0.15) is 6.61 Å². The molecule has 0 aliphatic heterocycles. The van der Waals surface area contributed by atoms with Gasteiger partial charge in [0, 0.05) is 34.8 Å². The van der Waals surface area contributed by atoms with Crippen molar-refractivity contribution in [1.29, 1.82) is 0 Å². The van der Waals surface area contributed by atoms with E-state index in [1.54, 1.807) is 10.5 Å². The van der Waals surface area contributed by atoms with Crippen molar-refractivity contribution in [2.24, 2.45) is 0 Å². The second-order valence-electron chi connectivity index (χ2n) is 6.68. The van der Waals surface area contributed by atoms with Crippen LogP contribution in [0.3, 0.4) is 0 Å². The highest BCUT2D eigenvalue weighted by Gasteiger charge is 2.18. The van der Waals surface area contributed by atoms with Gasteiger partial charge in [0.2, 0.25) is 0 Å². The van der Waals surface area contributed by atoms with E-state index < -0.39 is 10.9 Å². The van der Waals surface area contributed by atoms with E-state index in [9.17, 15) is 19.7 Å². The summed E-state index contributed by atoms with van der Waals surface area (Å²) in [6, 6.07) is 7.31. The third-order valence-corrected chi connectivity index (χ3v) is 5.81. The average molecular weight is 411 g/mol. The van der Waals surface area contributed by atoms with E-state index in [1.807, 2.05) is 0 Å². The number of nitrogens with zero attached hydrogens (tertiary/aromatic N) is 3. The number of aromatic nitrogens is 2. The Bertz CT molecular complexity index is 1190. The maximum atomic E-state index is 12.5. The van der Waals surface area contributed by atoms with Gasteiger partial charge in [-0.15, -0.1) is 11.3 Å². The summed E-state index contributed by atoms with van der Waals surface area (Å²) < 4.78 is 6.83. The Kier molecular flexibility index (Phi) is 5.22. The Morgan fingerprint density at radius 1 is 1.31 bits per heavy atom. The van der Waals surface area contributed by atoms with Crippen molar-refractivity contribution in [2.45, 2.75) is 32.3 Å². The first-order valence-electron chi connectivity index (χ1n) is 9.14. The summed E-state index contributed by atoms with van der Waals surface area (Å²) >= 11 is 1.52. The van der Waals surface area contributed by atoms with Gasteiger partial charge in [-0.2, -0.15) is 0 Å². The molecular formula is C20H17N3O5S. The van der Waals surface area contributed by atoms with Gasteiger partial charge in [-0.05, 0) is 37.3 Å². The second kappa shape index (κ2) is 7.96. The molecular weight excluding hydrogens is 394 g/mol. The Morgan fingerprint density at radius 2 is 2.14 bits per heavy atom. The number of rotatable bonds is 5. The maximum Gasteiger partial charge on any atom is 0.331 e. The molecule has 1 aliphatic carbocycles. The molecule has 2 heterocycles. The lowest BCUT2D eigenvalue weighted by atomic mass is 10.0. The molecule has 4 rings (SSSR count). The zero-order chi connectivity index (χ0) is 20.4. The quantitative estimate of drug-likeness (QED) is 0.276. The highest BCUT2D eigenvalue weighted by molar-refractivity contribution is 7.17. The lowest BCUT2D eigenvalue weighted by Gasteiger charge is -2.10. The fraction of sp³-hybridized carbons (Fsp3) is 0.250. The predicted octanol–water partition coefficient (Wildman–Crippen LogP) is 3.30. The summed E-state index contributed by atoms with van der Waals surface area (Å²) in [7, 11) is 0. The predicted molar refractivity (Wildman–Crippen MR) is 108 cm³/mol. The van der Waals surface area contributed by atoms with E-state index in [-0.39, 0.29) is 17.9 Å². The lowest BCUT2D eigenvalue weighted by molar-refractivity contribution is -0.384. The number of thiazole rings is 1. The number of nitro groups is 1. The normalized spacial score (nSPS) is 13.5. The number of carbonyl (C=O) groups is 1. The third kappa shape index (κ3) is 4.09. The van der Waals surface area contributed by atoms with E-state index in [0.29, 0.717) is 16.2 Å². The van der Waals surface area contributed by atoms with E-state index in [1.165, 1.54) is 52.6 Å². The number of fused-ring (bicyclic) bond motifs is 3. The Hall–Kier alpha value is -3.33. The molecule has 0 atom stereocenters. The van der Waals surface area contributed by atoms with Crippen molar-refractivity contribution < 1.29 is 14.5 Å². The van der Waals surface area contributed by atoms with Crippen LogP contribution in [-0.2, 0) is 29.0 Å². The third-order valence-electron chi connectivity index (χ3n) is 4.67. The summed E-state index contributed by atoms with van der Waals surface area (Å²) in [5, 5.41) is 10.8. The monoisotopic (exact) mass is 411 g/mol. The van der Waals surface area contributed by atoms with Crippen molar-refractivity contribution >= 4 is 34.0 Å². The minimum atomic E-state index is -0.621. The van der Waals surface area contributed by atoms with Gasteiger partial charge >= 0.3 is 5.97 Å². The zero-order valence-corrected chi connectivity index (χ0v) is 16.2. The molecule has 9 heteroatoms. The molecule has 2 aromatic heterocycles. The first-order chi connectivity index (χ1) is 14.0. The van der Waals surface area contributed by atoms with Gasteiger partial charge < -0.3 is 4.74 Å². The van der Waals surface area contributed by atoms with Gasteiger partial charge in [-0.3, -0.25) is 19.3 Å². The number of aryl methyl sites for hydroxylation is 2. The highest BCUT2D eigenvalue weighted by atomic mass is 32.1. The van der Waals surface area contributed by atoms with Crippen LogP contribution in [0.25, 0.3) is 11.0 Å². The molecule has 0 N–H and O–H groups in total. The molecule has 0 saturated carbocycles. The molecule has 3 aromatic rings. The van der Waals surface area contributed by atoms with Crippen LogP contribution in [0.5, 0.6) is 0 Å². The maximum absolute atomic E-state index is 12.5. The Labute approximate surface area is 169 Å². The molecule has 29 heavy (non-hydrogen) atoms. The number of non-ortho nitro benzene ring substituents is 1. The van der Waals surface area contributed by atoms with Crippen molar-refractivity contribution in [1.82, 2.24) is 9.38 Å². The SMILES string of the molecule is O=C(/C=C/c1cccc([N+](=O)[O-])c1)OCc1cc(=O)n2c3c(sc2n1)CCCC3. The molecule has 0 fully saturated rings. The van der Waals surface area contributed by atoms with Crippen molar-refractivity contribution in [2.75, 3.05) is 0 Å². The summed E-state index contributed by atoms with van der Waals surface area (Å²) in [4.78, 5) is 41.0. The van der Waals surface area contributed by atoms with Crippen LogP contribution in [-0.4, -0.2) is 20.3 Å². The molecule has 1 aromatic carbocycles. The molecule has 8 nitrogen and oxygen atoms in total. The molecule has 148 valence electrons. The summed E-state index contributed by atoms with van der Waals surface area (Å²) in [5.74, 6) is -0.621. The molecule has 0 bridgehead atoms. The van der Waals surface area contributed by atoms with Crippen molar-refractivity contribution in [3.63, 3.8) is 0 Å². The minimum Gasteiger partial charge on any atom is -0.456 e. The lowest BCUT2D eigenvalue weighted by Crippen LogP contribution is -2.18. The van der Waals surface area contributed by atoms with E-state index in [2.05, 4.69) is 4.98 Å². The Balaban J connectivity index is 1.45. The largest absolute Gasteiger partial charge is 0.456 e. The number of esters is 1. The minimum absolute atomic E-state index is 0.0582. The molecule has 0 spiro atoms. The van der Waals surface area contributed by atoms with Crippen molar-refractivity contribution in [3.05, 3.63) is 78.7 Å². The van der Waals surface area contributed by atoms with Crippen LogP contribution < -0.4 is 5.56 Å². The van der Waals surface area contributed by atoms with Crippen LogP contribution in [0, 0.1) is 10.1 Å². The van der Waals surface area contributed by atoms with Crippen LogP contribution in [0.4, 0.5) is 5.69 Å². The number of carbonyl (C=O) groups excluding carboxylic acids is 1. The van der Waals surface area contributed by atoms with Crippen LogP contribution in [0.1, 0.15) is 34.7 Å². The van der Waals surface area contributed by atoms with Gasteiger partial charge in [-0.25, -0.2) is 9.78 Å². The van der Waals surface area contributed by atoms with Crippen LogP contribution in [0.2, 0.25) is 0 Å². The van der Waals surface area contributed by atoms with Gasteiger partial charge in [0.15, 0.2) is 4.96 Å². The molecule has 0 unspecified atom stereocenters.